The second kappa shape index (κ2) is 70.6. The van der Waals surface area contributed by atoms with Gasteiger partial charge < -0.3 is 20.3 Å². The van der Waals surface area contributed by atoms with Crippen molar-refractivity contribution in [2.24, 2.45) is 0 Å². The highest BCUT2D eigenvalue weighted by molar-refractivity contribution is 5.76. The van der Waals surface area contributed by atoms with Crippen LogP contribution in [0.1, 0.15) is 406 Å². The monoisotopic (exact) mass is 1140 g/mol. The van der Waals surface area contributed by atoms with Crippen LogP contribution in [0.25, 0.3) is 0 Å². The highest BCUT2D eigenvalue weighted by Gasteiger charge is 2.18. The first kappa shape index (κ1) is 79.1. The lowest BCUT2D eigenvalue weighted by Gasteiger charge is -2.20. The summed E-state index contributed by atoms with van der Waals surface area (Å²) < 4.78 is 5.49. The molecule has 81 heavy (non-hydrogen) atoms. The summed E-state index contributed by atoms with van der Waals surface area (Å²) in [6.45, 7) is 4.91. The maximum Gasteiger partial charge on any atom is 0.305 e. The molecule has 6 nitrogen and oxygen atoms in total. The standard InChI is InChI=1S/C75H143NO5/c1-3-5-7-9-11-13-15-17-19-20-21-22-27-30-33-36-40-43-47-51-55-59-63-67-73(78)72(71-77)76-74(79)68-64-60-56-52-48-44-41-37-34-31-28-25-23-24-26-29-32-35-38-42-46-50-54-58-62-66-70-81-75(80)69-65-61-57-53-49-45-39-18-16-14-12-10-8-6-4-2/h12,14,18,39,63,67,72-73,77-78H,3-11,13,15-17,19-38,40-62,64-66,68-71H2,1-2H3,(H,76,79)/b14-12-,39-18-,67-63+. The average molecular weight is 1140 g/mol. The molecule has 0 spiro atoms. The van der Waals surface area contributed by atoms with Crippen LogP contribution in [0, 0.1) is 0 Å². The van der Waals surface area contributed by atoms with E-state index in [4.69, 9.17) is 4.74 Å². The first-order valence-electron chi connectivity index (χ1n) is 36.8. The van der Waals surface area contributed by atoms with Crippen LogP contribution >= 0.6 is 0 Å². The number of ether oxygens (including phenoxy) is 1. The lowest BCUT2D eigenvalue weighted by atomic mass is 10.0. The summed E-state index contributed by atoms with van der Waals surface area (Å²) >= 11 is 0. The van der Waals surface area contributed by atoms with E-state index in [2.05, 4.69) is 43.5 Å². The third-order valence-electron chi connectivity index (χ3n) is 17.2. The molecule has 2 unspecified atom stereocenters. The van der Waals surface area contributed by atoms with Gasteiger partial charge in [-0.05, 0) is 64.2 Å². The molecular weight excluding hydrogens is 995 g/mol. The van der Waals surface area contributed by atoms with Gasteiger partial charge in [0.2, 0.25) is 5.91 Å². The summed E-state index contributed by atoms with van der Waals surface area (Å²) in [5.41, 5.74) is 0. The van der Waals surface area contributed by atoms with Crippen molar-refractivity contribution < 1.29 is 24.5 Å². The second-order valence-corrected chi connectivity index (χ2v) is 25.3. The zero-order valence-corrected chi connectivity index (χ0v) is 54.8. The number of rotatable bonds is 69. The maximum absolute atomic E-state index is 12.5. The summed E-state index contributed by atoms with van der Waals surface area (Å²) in [7, 11) is 0. The Morgan fingerprint density at radius 1 is 0.346 bits per heavy atom. The Morgan fingerprint density at radius 3 is 0.963 bits per heavy atom. The van der Waals surface area contributed by atoms with Gasteiger partial charge in [-0.1, -0.05) is 365 Å². The fraction of sp³-hybridized carbons (Fsp3) is 0.893. The number of hydrogen-bond donors (Lipinski definition) is 3. The number of carbonyl (C=O) groups is 2. The van der Waals surface area contributed by atoms with E-state index in [-0.39, 0.29) is 18.5 Å². The third kappa shape index (κ3) is 67.1. The summed E-state index contributed by atoms with van der Waals surface area (Å²) in [6.07, 6.45) is 90.9. The molecule has 1 amide bonds. The van der Waals surface area contributed by atoms with Crippen molar-refractivity contribution in [2.75, 3.05) is 13.2 Å². The van der Waals surface area contributed by atoms with Crippen LogP contribution in [0.4, 0.5) is 0 Å². The van der Waals surface area contributed by atoms with Gasteiger partial charge in [0.25, 0.3) is 0 Å². The number of allylic oxidation sites excluding steroid dienone is 5. The Bertz CT molecular complexity index is 1310. The number of aliphatic hydroxyl groups excluding tert-OH is 2. The molecular formula is C75H143NO5. The molecule has 6 heteroatoms. The quantitative estimate of drug-likeness (QED) is 0.0320. The van der Waals surface area contributed by atoms with Crippen molar-refractivity contribution in [3.05, 3.63) is 36.5 Å². The molecule has 0 aliphatic carbocycles. The van der Waals surface area contributed by atoms with Crippen LogP contribution in [-0.4, -0.2) is 47.4 Å². The Labute approximate surface area is 506 Å². The van der Waals surface area contributed by atoms with Gasteiger partial charge in [-0.15, -0.1) is 0 Å². The number of hydrogen-bond acceptors (Lipinski definition) is 5. The van der Waals surface area contributed by atoms with Crippen molar-refractivity contribution in [2.45, 2.75) is 418 Å². The molecule has 0 heterocycles. The van der Waals surface area contributed by atoms with Crippen LogP contribution in [0.15, 0.2) is 36.5 Å². The molecule has 478 valence electrons. The molecule has 0 aliphatic heterocycles. The molecule has 0 aromatic rings. The zero-order chi connectivity index (χ0) is 58.5. The largest absolute Gasteiger partial charge is 0.466 e. The van der Waals surface area contributed by atoms with Gasteiger partial charge >= 0.3 is 5.97 Å². The Kier molecular flexibility index (Phi) is 68.9. The van der Waals surface area contributed by atoms with Gasteiger partial charge in [0, 0.05) is 12.8 Å². The number of unbranched alkanes of at least 4 members (excludes halogenated alkanes) is 54. The molecule has 3 N–H and O–H groups in total. The van der Waals surface area contributed by atoms with E-state index in [1.54, 1.807) is 6.08 Å². The number of amides is 1. The van der Waals surface area contributed by atoms with Crippen LogP contribution in [0.3, 0.4) is 0 Å². The van der Waals surface area contributed by atoms with Gasteiger partial charge in [-0.2, -0.15) is 0 Å². The molecule has 0 aromatic carbocycles. The van der Waals surface area contributed by atoms with E-state index >= 15 is 0 Å². The van der Waals surface area contributed by atoms with Crippen LogP contribution in [0.2, 0.25) is 0 Å². The van der Waals surface area contributed by atoms with E-state index in [9.17, 15) is 19.8 Å². The summed E-state index contributed by atoms with van der Waals surface area (Å²) in [4.78, 5) is 24.6. The van der Waals surface area contributed by atoms with E-state index in [1.807, 2.05) is 6.08 Å². The van der Waals surface area contributed by atoms with Crippen molar-refractivity contribution in [1.29, 1.82) is 0 Å². The Morgan fingerprint density at radius 2 is 0.617 bits per heavy atom. The minimum absolute atomic E-state index is 0.00343. The van der Waals surface area contributed by atoms with Gasteiger partial charge in [0.1, 0.15) is 0 Å². The highest BCUT2D eigenvalue weighted by atomic mass is 16.5. The number of nitrogens with one attached hydrogen (secondary N) is 1. The predicted octanol–water partition coefficient (Wildman–Crippen LogP) is 23.9. The van der Waals surface area contributed by atoms with E-state index in [0.717, 1.165) is 51.4 Å². The number of carbonyl (C=O) groups excluding carboxylic acids is 2. The predicted molar refractivity (Wildman–Crippen MR) is 356 cm³/mol. The lowest BCUT2D eigenvalue weighted by Crippen LogP contribution is -2.45. The van der Waals surface area contributed by atoms with Gasteiger partial charge in [0.15, 0.2) is 0 Å². The minimum atomic E-state index is -0.845. The summed E-state index contributed by atoms with van der Waals surface area (Å²) in [5, 5.41) is 23.3. The van der Waals surface area contributed by atoms with E-state index in [0.29, 0.717) is 19.4 Å². The molecule has 0 aromatic heterocycles. The molecule has 2 atom stereocenters. The van der Waals surface area contributed by atoms with Crippen LogP contribution in [0.5, 0.6) is 0 Å². The molecule has 0 saturated heterocycles. The summed E-state index contributed by atoms with van der Waals surface area (Å²) in [6, 6.07) is -0.628. The van der Waals surface area contributed by atoms with Gasteiger partial charge in [0.05, 0.1) is 25.4 Å². The second-order valence-electron chi connectivity index (χ2n) is 25.3. The molecule has 0 radical (unpaired) electrons. The van der Waals surface area contributed by atoms with E-state index in [1.165, 1.54) is 327 Å². The van der Waals surface area contributed by atoms with Crippen LogP contribution in [-0.2, 0) is 14.3 Å². The summed E-state index contributed by atoms with van der Waals surface area (Å²) in [5.74, 6) is -0.0582. The number of aliphatic hydroxyl groups is 2. The molecule has 0 bridgehead atoms. The van der Waals surface area contributed by atoms with Gasteiger partial charge in [-0.25, -0.2) is 0 Å². The smallest absolute Gasteiger partial charge is 0.305 e. The van der Waals surface area contributed by atoms with Crippen molar-refractivity contribution >= 4 is 11.9 Å². The SMILES string of the molecule is CCCCC/C=C\C/C=C\CCCCCCCC(=O)OCCCCCCCCCCCCCCCCCCCCCCCCCCCCC(=O)NC(CO)C(O)/C=C/CCCCCCCCCCCCCCCCCCCCCCC. The van der Waals surface area contributed by atoms with Crippen molar-refractivity contribution in [1.82, 2.24) is 5.32 Å². The van der Waals surface area contributed by atoms with Crippen molar-refractivity contribution in [3.8, 4) is 0 Å². The third-order valence-corrected chi connectivity index (χ3v) is 17.2. The topological polar surface area (TPSA) is 95.9 Å². The Balaban J connectivity index is 3.39. The fourth-order valence-electron chi connectivity index (χ4n) is 11.6. The Hall–Kier alpha value is -1.92. The highest BCUT2D eigenvalue weighted by Crippen LogP contribution is 2.19. The first-order chi connectivity index (χ1) is 40.0. The minimum Gasteiger partial charge on any atom is -0.466 e. The molecule has 0 saturated carbocycles. The maximum atomic E-state index is 12.5. The average Bonchev–Trinajstić information content (AvgIpc) is 3.47. The molecule has 0 rings (SSSR count). The van der Waals surface area contributed by atoms with E-state index < -0.39 is 12.1 Å². The first-order valence-corrected chi connectivity index (χ1v) is 36.8. The molecule has 0 aliphatic rings. The van der Waals surface area contributed by atoms with Crippen molar-refractivity contribution in [3.63, 3.8) is 0 Å². The lowest BCUT2D eigenvalue weighted by molar-refractivity contribution is -0.143. The zero-order valence-electron chi connectivity index (χ0n) is 54.8. The van der Waals surface area contributed by atoms with Gasteiger partial charge in [-0.3, -0.25) is 9.59 Å². The normalized spacial score (nSPS) is 12.7. The fourth-order valence-corrected chi connectivity index (χ4v) is 11.6. The molecule has 0 fully saturated rings. The number of esters is 1. The van der Waals surface area contributed by atoms with Crippen LogP contribution < -0.4 is 5.32 Å².